The molecule has 0 saturated heterocycles. The Labute approximate surface area is 226 Å². The minimum atomic E-state index is -0.493. The molecule has 0 radical (unpaired) electrons. The van der Waals surface area contributed by atoms with Crippen molar-refractivity contribution >= 4 is 34.6 Å². The molecule has 3 aromatic rings. The number of rotatable bonds is 12. The van der Waals surface area contributed by atoms with Crippen molar-refractivity contribution in [1.29, 1.82) is 0 Å². The van der Waals surface area contributed by atoms with E-state index in [1.54, 1.807) is 11.3 Å². The zero-order valence-corrected chi connectivity index (χ0v) is 23.2. The molecule has 2 N–H and O–H groups in total. The highest BCUT2D eigenvalue weighted by atomic mass is 35.5. The number of hydrogen-bond acceptors (Lipinski definition) is 8. The van der Waals surface area contributed by atoms with Crippen molar-refractivity contribution in [2.45, 2.75) is 33.2 Å². The summed E-state index contributed by atoms with van der Waals surface area (Å²) >= 11 is 7.85. The summed E-state index contributed by atoms with van der Waals surface area (Å²) in [5.41, 5.74) is 3.98. The molecule has 198 valence electrons. The molecule has 1 aliphatic rings. The summed E-state index contributed by atoms with van der Waals surface area (Å²) in [6.07, 6.45) is 0.148. The third-order valence-corrected chi connectivity index (χ3v) is 7.62. The van der Waals surface area contributed by atoms with E-state index in [1.165, 1.54) is 4.88 Å². The summed E-state index contributed by atoms with van der Waals surface area (Å²) < 4.78 is 13.0. The van der Waals surface area contributed by atoms with Crippen molar-refractivity contribution in [3.63, 3.8) is 0 Å². The third kappa shape index (κ3) is 6.45. The monoisotopic (exact) mass is 544 g/mol. The molecule has 0 bridgehead atoms. The highest BCUT2D eigenvalue weighted by molar-refractivity contribution is 7.15. The number of carbonyl (C=O) groups is 1. The van der Waals surface area contributed by atoms with E-state index in [9.17, 15) is 4.79 Å². The second-order valence-electron chi connectivity index (χ2n) is 8.79. The molecule has 0 fully saturated rings. The maximum Gasteiger partial charge on any atom is 0.222 e. The number of fused-ring (bicyclic) bond motifs is 3. The van der Waals surface area contributed by atoms with Crippen LogP contribution in [-0.4, -0.2) is 72.9 Å². The van der Waals surface area contributed by atoms with Gasteiger partial charge in [0.1, 0.15) is 16.9 Å². The Morgan fingerprint density at radius 3 is 2.46 bits per heavy atom. The van der Waals surface area contributed by atoms with Gasteiger partial charge in [0, 0.05) is 34.1 Å². The highest BCUT2D eigenvalue weighted by Crippen LogP contribution is 2.39. The lowest BCUT2D eigenvalue weighted by atomic mass is 9.99. The lowest BCUT2D eigenvalue weighted by Crippen LogP contribution is -2.29. The molecule has 0 saturated carbocycles. The molecule has 4 rings (SSSR count). The maximum absolute atomic E-state index is 12.9. The van der Waals surface area contributed by atoms with Gasteiger partial charge in [-0.2, -0.15) is 0 Å². The van der Waals surface area contributed by atoms with Crippen LogP contribution in [0.25, 0.3) is 5.00 Å². The number of amides is 1. The highest BCUT2D eigenvalue weighted by Gasteiger charge is 2.32. The van der Waals surface area contributed by atoms with Crippen LogP contribution >= 0.6 is 22.9 Å². The molecule has 0 aliphatic carbocycles. The normalized spacial score (nSPS) is 14.6. The van der Waals surface area contributed by atoms with E-state index in [2.05, 4.69) is 34.7 Å². The molecule has 1 amide bonds. The summed E-state index contributed by atoms with van der Waals surface area (Å²) in [5.74, 6) is 1.30. The second-order valence-corrected chi connectivity index (χ2v) is 10.4. The fraction of sp³-hybridized carbons (Fsp3) is 0.462. The predicted octanol–water partition coefficient (Wildman–Crippen LogP) is 3.56. The molecule has 0 spiro atoms. The average molecular weight is 545 g/mol. The number of aromatic nitrogens is 3. The fourth-order valence-electron chi connectivity index (χ4n) is 4.14. The van der Waals surface area contributed by atoms with Crippen molar-refractivity contribution in [3.8, 4) is 5.00 Å². The first-order valence-corrected chi connectivity index (χ1v) is 13.5. The molecule has 11 heteroatoms. The van der Waals surface area contributed by atoms with Crippen molar-refractivity contribution in [2.75, 3.05) is 46.6 Å². The number of ether oxygens (including phenoxy) is 2. The van der Waals surface area contributed by atoms with E-state index in [1.807, 2.05) is 42.8 Å². The Hall–Kier alpha value is -2.63. The van der Waals surface area contributed by atoms with Crippen LogP contribution in [0.2, 0.25) is 5.02 Å². The minimum Gasteiger partial charge on any atom is -0.378 e. The third-order valence-electron chi connectivity index (χ3n) is 6.17. The van der Waals surface area contributed by atoms with E-state index >= 15 is 0 Å². The zero-order valence-electron chi connectivity index (χ0n) is 21.6. The summed E-state index contributed by atoms with van der Waals surface area (Å²) in [4.78, 5) is 19.3. The molecule has 1 atom stereocenters. The van der Waals surface area contributed by atoms with Gasteiger partial charge in [-0.05, 0) is 45.5 Å². The van der Waals surface area contributed by atoms with Crippen LogP contribution in [0.15, 0.2) is 29.3 Å². The molecule has 37 heavy (non-hydrogen) atoms. The number of halogens is 1. The lowest BCUT2D eigenvalue weighted by molar-refractivity contribution is -0.121. The van der Waals surface area contributed by atoms with E-state index in [0.717, 1.165) is 39.8 Å². The zero-order chi connectivity index (χ0) is 26.4. The Morgan fingerprint density at radius 2 is 1.76 bits per heavy atom. The largest absolute Gasteiger partial charge is 0.378 e. The van der Waals surface area contributed by atoms with Crippen molar-refractivity contribution in [2.24, 2.45) is 4.99 Å². The number of aliphatic imine (C=N–C) groups is 1. The number of nitrogens with zero attached hydrogens (tertiary/aromatic N) is 4. The van der Waals surface area contributed by atoms with E-state index < -0.39 is 6.04 Å². The first-order chi connectivity index (χ1) is 17.9. The first kappa shape index (κ1) is 27.4. The number of carbonyl (C=O) groups excluding carboxylic acids is 1. The van der Waals surface area contributed by atoms with Gasteiger partial charge in [0.25, 0.3) is 0 Å². The Morgan fingerprint density at radius 1 is 1.05 bits per heavy atom. The Kier molecular flexibility index (Phi) is 9.44. The van der Waals surface area contributed by atoms with Gasteiger partial charge in [0.2, 0.25) is 5.91 Å². The van der Waals surface area contributed by atoms with Crippen LogP contribution in [-0.2, 0) is 14.3 Å². The first-order valence-electron chi connectivity index (χ1n) is 12.3. The molecule has 0 unspecified atom stereocenters. The standard InChI is InChI=1S/C26H33ClN6O3S/c1-16-17(2)37-26-23(16)24(19-5-7-20(27)8-6-19)30-21(25-32-31-18(3)33(25)26)15-22(34)29-10-12-36-14-13-35-11-9-28-4/h5-8,21,28H,9-15H2,1-4H3,(H,29,34)/t21-/m0/s1. The van der Waals surface area contributed by atoms with Crippen LogP contribution in [0.1, 0.15) is 45.7 Å². The van der Waals surface area contributed by atoms with Gasteiger partial charge in [-0.3, -0.25) is 14.4 Å². The quantitative estimate of drug-likeness (QED) is 0.338. The number of nitrogens with one attached hydrogen (secondary N) is 2. The average Bonchev–Trinajstić information content (AvgIpc) is 3.35. The van der Waals surface area contributed by atoms with Crippen LogP contribution in [0, 0.1) is 20.8 Å². The van der Waals surface area contributed by atoms with Gasteiger partial charge in [-0.25, -0.2) is 0 Å². The van der Waals surface area contributed by atoms with Crippen molar-refractivity contribution < 1.29 is 14.3 Å². The minimum absolute atomic E-state index is 0.122. The van der Waals surface area contributed by atoms with Gasteiger partial charge >= 0.3 is 0 Å². The fourth-order valence-corrected chi connectivity index (χ4v) is 5.48. The maximum atomic E-state index is 12.9. The number of hydrogen-bond donors (Lipinski definition) is 2. The van der Waals surface area contributed by atoms with Gasteiger partial charge in [0.15, 0.2) is 5.82 Å². The SMILES string of the molecule is CNCCOCCOCCNC(=O)C[C@@H]1N=C(c2ccc(Cl)cc2)c2c(sc(C)c2C)-n2c(C)nnc21. The Balaban J connectivity index is 1.51. The molecule has 1 aromatic carbocycles. The predicted molar refractivity (Wildman–Crippen MR) is 146 cm³/mol. The van der Waals surface area contributed by atoms with Gasteiger partial charge < -0.3 is 20.1 Å². The van der Waals surface area contributed by atoms with Crippen molar-refractivity contribution in [3.05, 3.63) is 62.5 Å². The topological polar surface area (TPSA) is 103 Å². The van der Waals surface area contributed by atoms with Crippen LogP contribution in [0.5, 0.6) is 0 Å². The number of likely N-dealkylation sites (N-methyl/N-ethyl adjacent to an activating group) is 1. The molecule has 3 heterocycles. The summed E-state index contributed by atoms with van der Waals surface area (Å²) in [6, 6.07) is 7.16. The molecule has 9 nitrogen and oxygen atoms in total. The van der Waals surface area contributed by atoms with E-state index in [-0.39, 0.29) is 12.3 Å². The van der Waals surface area contributed by atoms with Crippen LogP contribution < -0.4 is 10.6 Å². The lowest BCUT2D eigenvalue weighted by Gasteiger charge is -2.13. The van der Waals surface area contributed by atoms with Gasteiger partial charge in [0.05, 0.1) is 38.6 Å². The Bertz CT molecular complexity index is 1250. The number of aryl methyl sites for hydroxylation is 2. The summed E-state index contributed by atoms with van der Waals surface area (Å²) in [6.45, 7) is 9.42. The number of benzene rings is 1. The molecular weight excluding hydrogens is 512 g/mol. The van der Waals surface area contributed by atoms with Gasteiger partial charge in [-0.15, -0.1) is 21.5 Å². The number of thiophene rings is 1. The van der Waals surface area contributed by atoms with Crippen LogP contribution in [0.3, 0.4) is 0 Å². The van der Waals surface area contributed by atoms with E-state index in [4.69, 9.17) is 26.1 Å². The molecule has 1 aliphatic heterocycles. The van der Waals surface area contributed by atoms with E-state index in [0.29, 0.717) is 43.8 Å². The van der Waals surface area contributed by atoms with Crippen molar-refractivity contribution in [1.82, 2.24) is 25.4 Å². The second kappa shape index (κ2) is 12.7. The van der Waals surface area contributed by atoms with Crippen LogP contribution in [0.4, 0.5) is 0 Å². The van der Waals surface area contributed by atoms with Gasteiger partial charge in [-0.1, -0.05) is 23.7 Å². The molecular formula is C26H33ClN6O3S. The summed E-state index contributed by atoms with van der Waals surface area (Å²) in [5, 5.41) is 16.4. The smallest absolute Gasteiger partial charge is 0.222 e. The summed E-state index contributed by atoms with van der Waals surface area (Å²) in [7, 11) is 1.88. The molecule has 2 aromatic heterocycles.